The third-order valence-corrected chi connectivity index (χ3v) is 4.91. The third-order valence-electron chi connectivity index (χ3n) is 4.91. The topological polar surface area (TPSA) is 105 Å². The van der Waals surface area contributed by atoms with Gasteiger partial charge in [0.2, 0.25) is 0 Å². The van der Waals surface area contributed by atoms with Gasteiger partial charge in [-0.05, 0) is 38.5 Å². The number of carbonyl (C=O) groups excluding carboxylic acids is 4. The Hall–Kier alpha value is -3.68. The molecule has 0 aromatic heterocycles. The third kappa shape index (κ3) is 4.32. The van der Waals surface area contributed by atoms with Gasteiger partial charge in [0.05, 0.1) is 0 Å². The zero-order valence-corrected chi connectivity index (χ0v) is 17.0. The largest absolute Gasteiger partial charge is 0.451 e. The molecule has 8 nitrogen and oxygen atoms in total. The maximum absolute atomic E-state index is 12.9. The highest BCUT2D eigenvalue weighted by molar-refractivity contribution is 6.09. The van der Waals surface area contributed by atoms with Crippen LogP contribution in [0.15, 0.2) is 54.6 Å². The van der Waals surface area contributed by atoms with Crippen LogP contribution in [0, 0.1) is 6.92 Å². The lowest BCUT2D eigenvalue weighted by atomic mass is 9.91. The number of para-hydroxylation sites is 1. The normalized spacial score (nSPS) is 19.2. The Morgan fingerprint density at radius 1 is 1.10 bits per heavy atom. The van der Waals surface area contributed by atoms with Crippen LogP contribution >= 0.6 is 0 Å². The van der Waals surface area contributed by atoms with Crippen molar-refractivity contribution in [1.82, 2.24) is 10.2 Å². The van der Waals surface area contributed by atoms with Crippen molar-refractivity contribution in [2.24, 2.45) is 0 Å². The number of carbonyl (C=O) groups is 4. The summed E-state index contributed by atoms with van der Waals surface area (Å²) in [7, 11) is 0. The first kappa shape index (κ1) is 21.0. The van der Waals surface area contributed by atoms with Crippen LogP contribution in [0.5, 0.6) is 0 Å². The highest BCUT2D eigenvalue weighted by atomic mass is 16.5. The molecule has 0 radical (unpaired) electrons. The van der Waals surface area contributed by atoms with Crippen LogP contribution in [0.1, 0.15) is 25.0 Å². The minimum absolute atomic E-state index is 0.517. The van der Waals surface area contributed by atoms with E-state index >= 15 is 0 Å². The molecule has 1 saturated heterocycles. The average Bonchev–Trinajstić information content (AvgIpc) is 2.93. The molecule has 1 heterocycles. The number of nitrogens with one attached hydrogen (secondary N) is 2. The number of benzene rings is 2. The van der Waals surface area contributed by atoms with Crippen molar-refractivity contribution in [3.05, 3.63) is 65.7 Å². The number of esters is 1. The summed E-state index contributed by atoms with van der Waals surface area (Å²) in [6.45, 7) is 4.32. The number of amides is 4. The number of rotatable bonds is 6. The number of urea groups is 1. The monoisotopic (exact) mass is 409 g/mol. The molecule has 8 heteroatoms. The van der Waals surface area contributed by atoms with E-state index in [4.69, 9.17) is 4.74 Å². The van der Waals surface area contributed by atoms with Gasteiger partial charge in [-0.25, -0.2) is 4.79 Å². The van der Waals surface area contributed by atoms with Crippen LogP contribution < -0.4 is 10.6 Å². The molecule has 2 aromatic carbocycles. The van der Waals surface area contributed by atoms with Crippen molar-refractivity contribution in [1.29, 1.82) is 0 Å². The van der Waals surface area contributed by atoms with Crippen LogP contribution in [0.3, 0.4) is 0 Å². The lowest BCUT2D eigenvalue weighted by molar-refractivity contribution is -0.155. The van der Waals surface area contributed by atoms with Crippen LogP contribution in [0.2, 0.25) is 0 Å². The van der Waals surface area contributed by atoms with E-state index < -0.39 is 42.0 Å². The van der Waals surface area contributed by atoms with Gasteiger partial charge in [0.25, 0.3) is 11.8 Å². The number of imide groups is 1. The molecule has 2 atom stereocenters. The maximum Gasteiger partial charge on any atom is 0.327 e. The predicted octanol–water partition coefficient (Wildman–Crippen LogP) is 2.33. The highest BCUT2D eigenvalue weighted by Crippen LogP contribution is 2.29. The molecule has 4 amide bonds. The lowest BCUT2D eigenvalue weighted by Crippen LogP contribution is -2.42. The molecule has 2 aromatic rings. The zero-order valence-electron chi connectivity index (χ0n) is 17.0. The predicted molar refractivity (Wildman–Crippen MR) is 109 cm³/mol. The SMILES string of the molecule is Cc1ccc([C@@]2(C)NC(=O)N(CC(=O)O[C@@H](C)C(=O)Nc3ccccc3)C2=O)cc1. The minimum Gasteiger partial charge on any atom is -0.451 e. The molecule has 0 bridgehead atoms. The first-order chi connectivity index (χ1) is 14.2. The summed E-state index contributed by atoms with van der Waals surface area (Å²) in [5, 5.41) is 5.25. The summed E-state index contributed by atoms with van der Waals surface area (Å²) in [5.74, 6) is -1.94. The molecule has 0 spiro atoms. The number of hydrogen-bond acceptors (Lipinski definition) is 5. The van der Waals surface area contributed by atoms with Crippen LogP contribution in [0.4, 0.5) is 10.5 Å². The Labute approximate surface area is 174 Å². The molecule has 156 valence electrons. The van der Waals surface area contributed by atoms with Gasteiger partial charge in [-0.15, -0.1) is 0 Å². The van der Waals surface area contributed by atoms with Crippen molar-refractivity contribution in [3.8, 4) is 0 Å². The lowest BCUT2D eigenvalue weighted by Gasteiger charge is -2.22. The Bertz CT molecular complexity index is 974. The Morgan fingerprint density at radius 2 is 1.73 bits per heavy atom. The van der Waals surface area contributed by atoms with Crippen molar-refractivity contribution in [3.63, 3.8) is 0 Å². The van der Waals surface area contributed by atoms with Gasteiger partial charge in [0, 0.05) is 5.69 Å². The first-order valence-corrected chi connectivity index (χ1v) is 9.47. The maximum atomic E-state index is 12.9. The van der Waals surface area contributed by atoms with Gasteiger partial charge in [0.15, 0.2) is 6.10 Å². The molecular formula is C22H23N3O5. The van der Waals surface area contributed by atoms with E-state index in [2.05, 4.69) is 10.6 Å². The molecule has 0 unspecified atom stereocenters. The molecule has 1 aliphatic rings. The van der Waals surface area contributed by atoms with Crippen LogP contribution in [-0.4, -0.2) is 41.4 Å². The Morgan fingerprint density at radius 3 is 2.37 bits per heavy atom. The molecule has 0 saturated carbocycles. The standard InChI is InChI=1S/C22H23N3O5/c1-14-9-11-16(12-10-14)22(3)20(28)25(21(29)24-22)13-18(26)30-15(2)19(27)23-17-7-5-4-6-8-17/h4-12,15H,13H2,1-3H3,(H,23,27)(H,24,29)/t15-,22+/m0/s1. The van der Waals surface area contributed by atoms with Gasteiger partial charge in [-0.2, -0.15) is 0 Å². The minimum atomic E-state index is -1.28. The Balaban J connectivity index is 1.62. The van der Waals surface area contributed by atoms with E-state index in [1.165, 1.54) is 6.92 Å². The zero-order chi connectivity index (χ0) is 21.9. The van der Waals surface area contributed by atoms with Gasteiger partial charge >= 0.3 is 12.0 Å². The van der Waals surface area contributed by atoms with E-state index in [0.29, 0.717) is 11.3 Å². The molecule has 0 aliphatic carbocycles. The molecule has 30 heavy (non-hydrogen) atoms. The molecule has 3 rings (SSSR count). The van der Waals surface area contributed by atoms with Crippen molar-refractivity contribution in [2.45, 2.75) is 32.4 Å². The highest BCUT2D eigenvalue weighted by Gasteiger charge is 2.49. The molecule has 2 N–H and O–H groups in total. The summed E-state index contributed by atoms with van der Waals surface area (Å²) in [4.78, 5) is 50.5. The number of hydrogen-bond donors (Lipinski definition) is 2. The first-order valence-electron chi connectivity index (χ1n) is 9.47. The van der Waals surface area contributed by atoms with Crippen molar-refractivity contribution >= 4 is 29.5 Å². The van der Waals surface area contributed by atoms with Crippen LogP contribution in [-0.2, 0) is 24.7 Å². The van der Waals surface area contributed by atoms with Gasteiger partial charge in [-0.1, -0.05) is 48.0 Å². The van der Waals surface area contributed by atoms with Gasteiger partial charge < -0.3 is 15.4 Å². The number of ether oxygens (including phenoxy) is 1. The van der Waals surface area contributed by atoms with E-state index in [9.17, 15) is 19.2 Å². The summed E-state index contributed by atoms with van der Waals surface area (Å²) in [5.41, 5.74) is 0.912. The molecule has 1 aliphatic heterocycles. The Kier molecular flexibility index (Phi) is 5.86. The van der Waals surface area contributed by atoms with Crippen molar-refractivity contribution < 1.29 is 23.9 Å². The van der Waals surface area contributed by atoms with Crippen molar-refractivity contribution in [2.75, 3.05) is 11.9 Å². The summed E-state index contributed by atoms with van der Waals surface area (Å²) in [6, 6.07) is 15.2. The van der Waals surface area contributed by atoms with E-state index in [-0.39, 0.29) is 0 Å². The smallest absolute Gasteiger partial charge is 0.327 e. The van der Waals surface area contributed by atoms with E-state index in [1.54, 1.807) is 43.3 Å². The fourth-order valence-corrected chi connectivity index (χ4v) is 3.11. The fraction of sp³-hybridized carbons (Fsp3) is 0.273. The van der Waals surface area contributed by atoms with E-state index in [0.717, 1.165) is 10.5 Å². The van der Waals surface area contributed by atoms with Gasteiger partial charge in [0.1, 0.15) is 12.1 Å². The summed E-state index contributed by atoms with van der Waals surface area (Å²) in [6.07, 6.45) is -1.10. The number of anilines is 1. The second-order valence-corrected chi connectivity index (χ2v) is 7.30. The number of aryl methyl sites for hydroxylation is 1. The van der Waals surface area contributed by atoms with E-state index in [1.807, 2.05) is 25.1 Å². The number of nitrogens with zero attached hydrogens (tertiary/aromatic N) is 1. The fourth-order valence-electron chi connectivity index (χ4n) is 3.11. The second kappa shape index (κ2) is 8.36. The van der Waals surface area contributed by atoms with Gasteiger partial charge in [-0.3, -0.25) is 19.3 Å². The molecular weight excluding hydrogens is 386 g/mol. The average molecular weight is 409 g/mol. The summed E-state index contributed by atoms with van der Waals surface area (Å²) < 4.78 is 5.11. The van der Waals surface area contributed by atoms with Crippen LogP contribution in [0.25, 0.3) is 0 Å². The second-order valence-electron chi connectivity index (χ2n) is 7.30. The summed E-state index contributed by atoms with van der Waals surface area (Å²) >= 11 is 0. The quantitative estimate of drug-likeness (QED) is 0.563. The molecule has 1 fully saturated rings.